The summed E-state index contributed by atoms with van der Waals surface area (Å²) in [5.74, 6) is -0.672. The molecule has 1 saturated heterocycles. The molecule has 0 aliphatic carbocycles. The van der Waals surface area contributed by atoms with Crippen molar-refractivity contribution in [3.05, 3.63) is 95.8 Å². The molecule has 32 heavy (non-hydrogen) atoms. The maximum Gasteiger partial charge on any atom is 0.254 e. The van der Waals surface area contributed by atoms with Crippen LogP contribution in [0.15, 0.2) is 78.9 Å². The van der Waals surface area contributed by atoms with Gasteiger partial charge in [0, 0.05) is 37.4 Å². The summed E-state index contributed by atoms with van der Waals surface area (Å²) in [6.45, 7) is 1.95. The third-order valence-electron chi connectivity index (χ3n) is 5.54. The van der Waals surface area contributed by atoms with E-state index in [1.807, 2.05) is 35.2 Å². The fourth-order valence-electron chi connectivity index (χ4n) is 3.91. The highest BCUT2D eigenvalue weighted by Crippen LogP contribution is 2.25. The minimum atomic E-state index is -0.542. The SMILES string of the molecule is O=C(Nc1ccc(F)cc1)[C@@H](c1ccccc1)N1CCN(C(=O)c2cccc(O)c2)CC1. The van der Waals surface area contributed by atoms with Crippen molar-refractivity contribution in [2.45, 2.75) is 6.04 Å². The van der Waals surface area contributed by atoms with Crippen LogP contribution in [0.25, 0.3) is 0 Å². The van der Waals surface area contributed by atoms with Crippen molar-refractivity contribution in [3.63, 3.8) is 0 Å². The molecule has 1 fully saturated rings. The van der Waals surface area contributed by atoms with Gasteiger partial charge in [-0.1, -0.05) is 36.4 Å². The number of hydrogen-bond acceptors (Lipinski definition) is 4. The second kappa shape index (κ2) is 9.62. The van der Waals surface area contributed by atoms with Crippen molar-refractivity contribution in [1.29, 1.82) is 0 Å². The fraction of sp³-hybridized carbons (Fsp3) is 0.200. The monoisotopic (exact) mass is 433 g/mol. The van der Waals surface area contributed by atoms with Crippen LogP contribution in [-0.2, 0) is 4.79 Å². The third kappa shape index (κ3) is 4.95. The molecule has 0 spiro atoms. The zero-order valence-corrected chi connectivity index (χ0v) is 17.4. The number of rotatable bonds is 5. The van der Waals surface area contributed by atoms with E-state index in [2.05, 4.69) is 5.32 Å². The Kier molecular flexibility index (Phi) is 6.47. The van der Waals surface area contributed by atoms with Crippen molar-refractivity contribution in [1.82, 2.24) is 9.80 Å². The number of anilines is 1. The zero-order chi connectivity index (χ0) is 22.5. The number of benzene rings is 3. The Morgan fingerprint density at radius 3 is 2.22 bits per heavy atom. The standard InChI is InChI=1S/C25H24FN3O3/c26-20-9-11-21(12-10-20)27-24(31)23(18-5-2-1-3-6-18)28-13-15-29(16-14-28)25(32)19-7-4-8-22(30)17-19/h1-12,17,23,30H,13-16H2,(H,27,31)/t23-/m1/s1. The molecule has 3 aromatic carbocycles. The smallest absolute Gasteiger partial charge is 0.254 e. The molecule has 4 rings (SSSR count). The molecule has 1 atom stereocenters. The van der Waals surface area contributed by atoms with Gasteiger partial charge < -0.3 is 15.3 Å². The molecule has 0 bridgehead atoms. The van der Waals surface area contributed by atoms with Crippen LogP contribution < -0.4 is 5.32 Å². The van der Waals surface area contributed by atoms with Crippen LogP contribution in [0.5, 0.6) is 5.75 Å². The Labute approximate surface area is 185 Å². The second-order valence-electron chi connectivity index (χ2n) is 7.69. The van der Waals surface area contributed by atoms with Crippen LogP contribution >= 0.6 is 0 Å². The van der Waals surface area contributed by atoms with Gasteiger partial charge in [-0.3, -0.25) is 14.5 Å². The maximum atomic E-state index is 13.2. The van der Waals surface area contributed by atoms with Gasteiger partial charge in [-0.2, -0.15) is 0 Å². The fourth-order valence-corrected chi connectivity index (χ4v) is 3.91. The number of hydrogen-bond donors (Lipinski definition) is 2. The van der Waals surface area contributed by atoms with Crippen molar-refractivity contribution in [3.8, 4) is 5.75 Å². The highest BCUT2D eigenvalue weighted by molar-refractivity contribution is 5.96. The van der Waals surface area contributed by atoms with Crippen molar-refractivity contribution in [2.75, 3.05) is 31.5 Å². The number of nitrogens with zero attached hydrogens (tertiary/aromatic N) is 2. The van der Waals surface area contributed by atoms with E-state index in [9.17, 15) is 19.1 Å². The Hall–Kier alpha value is -3.71. The molecule has 3 aromatic rings. The van der Waals surface area contributed by atoms with E-state index in [1.54, 1.807) is 17.0 Å². The Balaban J connectivity index is 1.48. The van der Waals surface area contributed by atoms with Gasteiger partial charge in [0.1, 0.15) is 17.6 Å². The average molecular weight is 433 g/mol. The summed E-state index contributed by atoms with van der Waals surface area (Å²) in [7, 11) is 0. The maximum absolute atomic E-state index is 13.2. The summed E-state index contributed by atoms with van der Waals surface area (Å²) in [6, 6.07) is 20.9. The molecule has 1 aliphatic rings. The molecule has 1 heterocycles. The molecule has 0 radical (unpaired) electrons. The van der Waals surface area contributed by atoms with Gasteiger partial charge in [0.15, 0.2) is 0 Å². The van der Waals surface area contributed by atoms with E-state index in [4.69, 9.17) is 0 Å². The van der Waals surface area contributed by atoms with Crippen molar-refractivity contribution < 1.29 is 19.1 Å². The number of phenolic OH excluding ortho intramolecular Hbond substituents is 1. The van der Waals surface area contributed by atoms with Crippen LogP contribution in [0.2, 0.25) is 0 Å². The highest BCUT2D eigenvalue weighted by Gasteiger charge is 2.32. The number of nitrogens with one attached hydrogen (secondary N) is 1. The lowest BCUT2D eigenvalue weighted by Gasteiger charge is -2.38. The van der Waals surface area contributed by atoms with Gasteiger partial charge in [-0.05, 0) is 48.0 Å². The summed E-state index contributed by atoms with van der Waals surface area (Å²) in [6.07, 6.45) is 0. The Bertz CT molecular complexity index is 1080. The number of phenols is 1. The van der Waals surface area contributed by atoms with Gasteiger partial charge in [-0.15, -0.1) is 0 Å². The molecule has 7 heteroatoms. The largest absolute Gasteiger partial charge is 0.508 e. The molecule has 1 aliphatic heterocycles. The average Bonchev–Trinajstić information content (AvgIpc) is 2.81. The lowest BCUT2D eigenvalue weighted by molar-refractivity contribution is -0.122. The van der Waals surface area contributed by atoms with Crippen molar-refractivity contribution >= 4 is 17.5 Å². The normalized spacial score (nSPS) is 15.2. The topological polar surface area (TPSA) is 72.9 Å². The number of carbonyl (C=O) groups is 2. The van der Waals surface area contributed by atoms with E-state index >= 15 is 0 Å². The quantitative estimate of drug-likeness (QED) is 0.644. The van der Waals surface area contributed by atoms with Crippen LogP contribution in [0.4, 0.5) is 10.1 Å². The summed E-state index contributed by atoms with van der Waals surface area (Å²) < 4.78 is 13.2. The van der Waals surface area contributed by atoms with Gasteiger partial charge in [0.2, 0.25) is 5.91 Å². The molecular weight excluding hydrogens is 409 g/mol. The van der Waals surface area contributed by atoms with Gasteiger partial charge >= 0.3 is 0 Å². The van der Waals surface area contributed by atoms with E-state index < -0.39 is 6.04 Å². The lowest BCUT2D eigenvalue weighted by Crippen LogP contribution is -2.51. The number of piperazine rings is 1. The molecule has 0 aromatic heterocycles. The first kappa shape index (κ1) is 21.5. The predicted molar refractivity (Wildman–Crippen MR) is 120 cm³/mol. The molecule has 6 nitrogen and oxygen atoms in total. The van der Waals surface area contributed by atoms with E-state index in [0.29, 0.717) is 37.4 Å². The van der Waals surface area contributed by atoms with Gasteiger partial charge in [0.25, 0.3) is 5.91 Å². The summed E-state index contributed by atoms with van der Waals surface area (Å²) in [5, 5.41) is 12.5. The minimum absolute atomic E-state index is 0.0519. The van der Waals surface area contributed by atoms with Crippen LogP contribution in [-0.4, -0.2) is 52.9 Å². The zero-order valence-electron chi connectivity index (χ0n) is 17.4. The first-order valence-electron chi connectivity index (χ1n) is 10.4. The van der Waals surface area contributed by atoms with Crippen molar-refractivity contribution in [2.24, 2.45) is 0 Å². The minimum Gasteiger partial charge on any atom is -0.508 e. The highest BCUT2D eigenvalue weighted by atomic mass is 19.1. The molecular formula is C25H24FN3O3. The van der Waals surface area contributed by atoms with Gasteiger partial charge in [-0.25, -0.2) is 4.39 Å². The number of carbonyl (C=O) groups excluding carboxylic acids is 2. The lowest BCUT2D eigenvalue weighted by atomic mass is 10.0. The third-order valence-corrected chi connectivity index (χ3v) is 5.54. The van der Waals surface area contributed by atoms with E-state index in [1.165, 1.54) is 36.4 Å². The Morgan fingerprint density at radius 1 is 0.875 bits per heavy atom. The molecule has 2 N–H and O–H groups in total. The number of aromatic hydroxyl groups is 1. The molecule has 2 amide bonds. The molecule has 0 unspecified atom stereocenters. The number of amides is 2. The second-order valence-corrected chi connectivity index (χ2v) is 7.69. The van der Waals surface area contributed by atoms with Crippen LogP contribution in [0.3, 0.4) is 0 Å². The van der Waals surface area contributed by atoms with Gasteiger partial charge in [0.05, 0.1) is 0 Å². The first-order chi connectivity index (χ1) is 15.5. The van der Waals surface area contributed by atoms with Crippen LogP contribution in [0, 0.1) is 5.82 Å². The summed E-state index contributed by atoms with van der Waals surface area (Å²) in [5.41, 5.74) is 1.81. The summed E-state index contributed by atoms with van der Waals surface area (Å²) >= 11 is 0. The molecule has 0 saturated carbocycles. The summed E-state index contributed by atoms with van der Waals surface area (Å²) in [4.78, 5) is 29.8. The molecule has 164 valence electrons. The van der Waals surface area contributed by atoms with Crippen LogP contribution in [0.1, 0.15) is 22.0 Å². The first-order valence-corrected chi connectivity index (χ1v) is 10.4. The van der Waals surface area contributed by atoms with E-state index in [0.717, 1.165) is 5.56 Å². The Morgan fingerprint density at radius 2 is 1.56 bits per heavy atom. The number of halogens is 1. The predicted octanol–water partition coefficient (Wildman–Crippen LogP) is 3.67. The van der Waals surface area contributed by atoms with E-state index in [-0.39, 0.29) is 23.4 Å².